The zero-order valence-electron chi connectivity index (χ0n) is 12.7. The van der Waals surface area contributed by atoms with Crippen LogP contribution in [0.1, 0.15) is 39.2 Å². The Bertz CT molecular complexity index is 435. The van der Waals surface area contributed by atoms with Gasteiger partial charge in [0.25, 0.3) is 5.69 Å². The van der Waals surface area contributed by atoms with E-state index in [0.717, 1.165) is 44.6 Å². The monoisotopic (exact) mass is 279 g/mol. The molecule has 0 aliphatic carbocycles. The van der Waals surface area contributed by atoms with E-state index in [9.17, 15) is 10.1 Å². The van der Waals surface area contributed by atoms with Gasteiger partial charge in [0.05, 0.1) is 4.92 Å². The molecule has 112 valence electrons. The van der Waals surface area contributed by atoms with Gasteiger partial charge < -0.3 is 5.32 Å². The number of benzene rings is 1. The lowest BCUT2D eigenvalue weighted by Crippen LogP contribution is -2.23. The molecule has 0 radical (unpaired) electrons. The van der Waals surface area contributed by atoms with Crippen molar-refractivity contribution in [1.29, 1.82) is 0 Å². The standard InChI is InChI=1S/C15H25N3O2/c1-4-9-16-14-11-13(7-8-15(14)18(19)20)12-17(6-3)10-5-2/h7-8,11,16H,4-6,9-10,12H2,1-3H3. The van der Waals surface area contributed by atoms with Gasteiger partial charge in [0.2, 0.25) is 0 Å². The van der Waals surface area contributed by atoms with Crippen LogP contribution in [-0.4, -0.2) is 29.5 Å². The minimum Gasteiger partial charge on any atom is -0.379 e. The number of nitrogens with zero attached hydrogens (tertiary/aromatic N) is 2. The van der Waals surface area contributed by atoms with Crippen molar-refractivity contribution >= 4 is 11.4 Å². The van der Waals surface area contributed by atoms with Gasteiger partial charge in [-0.05, 0) is 37.6 Å². The highest BCUT2D eigenvalue weighted by atomic mass is 16.6. The van der Waals surface area contributed by atoms with E-state index in [2.05, 4.69) is 24.1 Å². The fraction of sp³-hybridized carbons (Fsp3) is 0.600. The Labute approximate surface area is 121 Å². The lowest BCUT2D eigenvalue weighted by Gasteiger charge is -2.20. The van der Waals surface area contributed by atoms with Gasteiger partial charge in [0.1, 0.15) is 5.69 Å². The third-order valence-electron chi connectivity index (χ3n) is 3.22. The first kappa shape index (κ1) is 16.4. The largest absolute Gasteiger partial charge is 0.379 e. The van der Waals surface area contributed by atoms with Crippen LogP contribution in [0.15, 0.2) is 18.2 Å². The van der Waals surface area contributed by atoms with Gasteiger partial charge in [-0.15, -0.1) is 0 Å². The van der Waals surface area contributed by atoms with E-state index in [-0.39, 0.29) is 10.6 Å². The number of hydrogen-bond acceptors (Lipinski definition) is 4. The van der Waals surface area contributed by atoms with Crippen LogP contribution in [0.3, 0.4) is 0 Å². The van der Waals surface area contributed by atoms with E-state index in [1.807, 2.05) is 19.1 Å². The Morgan fingerprint density at radius 2 is 2.00 bits per heavy atom. The summed E-state index contributed by atoms with van der Waals surface area (Å²) in [5.41, 5.74) is 1.90. The Morgan fingerprint density at radius 3 is 2.55 bits per heavy atom. The third-order valence-corrected chi connectivity index (χ3v) is 3.22. The second-order valence-corrected chi connectivity index (χ2v) is 4.90. The van der Waals surface area contributed by atoms with Crippen LogP contribution in [0, 0.1) is 10.1 Å². The van der Waals surface area contributed by atoms with Crippen molar-refractivity contribution in [1.82, 2.24) is 4.90 Å². The van der Waals surface area contributed by atoms with Crippen molar-refractivity contribution < 1.29 is 4.92 Å². The van der Waals surface area contributed by atoms with Crippen molar-refractivity contribution in [3.8, 4) is 0 Å². The summed E-state index contributed by atoms with van der Waals surface area (Å²) in [4.78, 5) is 13.0. The lowest BCUT2D eigenvalue weighted by molar-refractivity contribution is -0.384. The van der Waals surface area contributed by atoms with Gasteiger partial charge in [-0.1, -0.05) is 26.8 Å². The minimum absolute atomic E-state index is 0.153. The van der Waals surface area contributed by atoms with E-state index < -0.39 is 0 Å². The summed E-state index contributed by atoms with van der Waals surface area (Å²) in [5.74, 6) is 0. The predicted molar refractivity (Wildman–Crippen MR) is 83.1 cm³/mol. The SMILES string of the molecule is CCCNc1cc(CN(CC)CCC)ccc1[N+](=O)[O-]. The fourth-order valence-electron chi connectivity index (χ4n) is 2.17. The summed E-state index contributed by atoms with van der Waals surface area (Å²) in [6.07, 6.45) is 2.06. The predicted octanol–water partition coefficient (Wildman–Crippen LogP) is 3.65. The number of nitrogens with one attached hydrogen (secondary N) is 1. The molecule has 0 bridgehead atoms. The van der Waals surface area contributed by atoms with E-state index >= 15 is 0 Å². The van der Waals surface area contributed by atoms with E-state index in [0.29, 0.717) is 5.69 Å². The summed E-state index contributed by atoms with van der Waals surface area (Å²) in [7, 11) is 0. The Hall–Kier alpha value is -1.62. The second kappa shape index (κ2) is 8.53. The number of rotatable bonds is 9. The van der Waals surface area contributed by atoms with E-state index in [1.54, 1.807) is 6.07 Å². The van der Waals surface area contributed by atoms with Crippen molar-refractivity contribution in [2.45, 2.75) is 40.2 Å². The smallest absolute Gasteiger partial charge is 0.292 e. The molecule has 1 rings (SSSR count). The summed E-state index contributed by atoms with van der Waals surface area (Å²) in [6.45, 7) is 9.96. The fourth-order valence-corrected chi connectivity index (χ4v) is 2.17. The second-order valence-electron chi connectivity index (χ2n) is 4.90. The highest BCUT2D eigenvalue weighted by Crippen LogP contribution is 2.26. The molecule has 0 unspecified atom stereocenters. The zero-order valence-corrected chi connectivity index (χ0v) is 12.7. The molecular formula is C15H25N3O2. The molecule has 5 nitrogen and oxygen atoms in total. The molecule has 20 heavy (non-hydrogen) atoms. The topological polar surface area (TPSA) is 58.4 Å². The van der Waals surface area contributed by atoms with E-state index in [4.69, 9.17) is 0 Å². The molecule has 0 amide bonds. The Kier molecular flexibility index (Phi) is 7.01. The van der Waals surface area contributed by atoms with Gasteiger partial charge in [-0.25, -0.2) is 0 Å². The van der Waals surface area contributed by atoms with Crippen molar-refractivity contribution in [3.05, 3.63) is 33.9 Å². The van der Waals surface area contributed by atoms with Crippen LogP contribution < -0.4 is 5.32 Å². The number of hydrogen-bond donors (Lipinski definition) is 1. The molecule has 0 aliphatic heterocycles. The van der Waals surface area contributed by atoms with Gasteiger partial charge in [-0.2, -0.15) is 0 Å². The summed E-state index contributed by atoms with van der Waals surface area (Å²) < 4.78 is 0. The van der Waals surface area contributed by atoms with Crippen LogP contribution in [0.25, 0.3) is 0 Å². The maximum absolute atomic E-state index is 11.0. The molecule has 1 N–H and O–H groups in total. The average Bonchev–Trinajstić information content (AvgIpc) is 2.44. The molecular weight excluding hydrogens is 254 g/mol. The molecule has 1 aromatic carbocycles. The van der Waals surface area contributed by atoms with Crippen molar-refractivity contribution in [2.24, 2.45) is 0 Å². The van der Waals surface area contributed by atoms with Crippen molar-refractivity contribution in [2.75, 3.05) is 25.0 Å². The molecule has 0 fully saturated rings. The van der Waals surface area contributed by atoms with Gasteiger partial charge in [0, 0.05) is 19.2 Å². The van der Waals surface area contributed by atoms with Crippen LogP contribution in [0.5, 0.6) is 0 Å². The first-order chi connectivity index (χ1) is 9.62. The van der Waals surface area contributed by atoms with E-state index in [1.165, 1.54) is 0 Å². The van der Waals surface area contributed by atoms with Crippen LogP contribution in [0.2, 0.25) is 0 Å². The molecule has 0 saturated heterocycles. The molecule has 0 atom stereocenters. The Balaban J connectivity index is 2.90. The summed E-state index contributed by atoms with van der Waals surface area (Å²) >= 11 is 0. The Morgan fingerprint density at radius 1 is 1.25 bits per heavy atom. The zero-order chi connectivity index (χ0) is 15.0. The van der Waals surface area contributed by atoms with Crippen molar-refractivity contribution in [3.63, 3.8) is 0 Å². The van der Waals surface area contributed by atoms with Gasteiger partial charge in [-0.3, -0.25) is 15.0 Å². The van der Waals surface area contributed by atoms with Crippen LogP contribution in [0.4, 0.5) is 11.4 Å². The van der Waals surface area contributed by atoms with Gasteiger partial charge in [0.15, 0.2) is 0 Å². The quantitative estimate of drug-likeness (QED) is 0.553. The maximum Gasteiger partial charge on any atom is 0.292 e. The van der Waals surface area contributed by atoms with Gasteiger partial charge >= 0.3 is 0 Å². The number of nitro benzene ring substituents is 1. The summed E-state index contributed by atoms with van der Waals surface area (Å²) in [6, 6.07) is 5.37. The molecule has 1 aromatic rings. The third kappa shape index (κ3) is 4.81. The maximum atomic E-state index is 11.0. The summed E-state index contributed by atoms with van der Waals surface area (Å²) in [5, 5.41) is 14.2. The minimum atomic E-state index is -0.328. The molecule has 0 aliphatic rings. The molecule has 5 heteroatoms. The highest BCUT2D eigenvalue weighted by Gasteiger charge is 2.14. The highest BCUT2D eigenvalue weighted by molar-refractivity contribution is 5.62. The first-order valence-electron chi connectivity index (χ1n) is 7.35. The lowest BCUT2D eigenvalue weighted by atomic mass is 10.1. The molecule has 0 heterocycles. The van der Waals surface area contributed by atoms with Crippen LogP contribution in [-0.2, 0) is 6.54 Å². The normalized spacial score (nSPS) is 10.8. The first-order valence-corrected chi connectivity index (χ1v) is 7.35. The van der Waals surface area contributed by atoms with Crippen LogP contribution >= 0.6 is 0 Å². The molecule has 0 saturated carbocycles. The number of nitro groups is 1. The number of anilines is 1. The molecule has 0 spiro atoms. The average molecular weight is 279 g/mol. The molecule has 0 aromatic heterocycles.